The number of halogens is 2. The fourth-order valence-electron chi connectivity index (χ4n) is 1.67. The standard InChI is InChI=1S/C14H12BrFN2O2/c1-20-11-5-8(15)4-10(7-11)18-14(19)12-3-2-9(17)6-13(12)16/h2-7H,17H2,1H3,(H,18,19). The largest absolute Gasteiger partial charge is 0.497 e. The summed E-state index contributed by atoms with van der Waals surface area (Å²) in [6, 6.07) is 9.00. The van der Waals surface area contributed by atoms with Gasteiger partial charge in [0, 0.05) is 21.9 Å². The van der Waals surface area contributed by atoms with Gasteiger partial charge in [-0.2, -0.15) is 0 Å². The zero-order valence-electron chi connectivity index (χ0n) is 10.6. The Balaban J connectivity index is 2.25. The second-order valence-corrected chi connectivity index (χ2v) is 4.99. The lowest BCUT2D eigenvalue weighted by molar-refractivity contribution is 0.102. The fourth-order valence-corrected chi connectivity index (χ4v) is 2.14. The third kappa shape index (κ3) is 3.27. The lowest BCUT2D eigenvalue weighted by Gasteiger charge is -2.09. The molecule has 0 heterocycles. The molecule has 6 heteroatoms. The quantitative estimate of drug-likeness (QED) is 0.842. The number of amides is 1. The summed E-state index contributed by atoms with van der Waals surface area (Å²) in [7, 11) is 1.52. The van der Waals surface area contributed by atoms with E-state index in [2.05, 4.69) is 21.2 Å². The summed E-state index contributed by atoms with van der Waals surface area (Å²) in [6.45, 7) is 0. The topological polar surface area (TPSA) is 64.3 Å². The van der Waals surface area contributed by atoms with Crippen molar-refractivity contribution in [3.63, 3.8) is 0 Å². The van der Waals surface area contributed by atoms with E-state index >= 15 is 0 Å². The van der Waals surface area contributed by atoms with Crippen LogP contribution in [0.1, 0.15) is 10.4 Å². The van der Waals surface area contributed by atoms with Gasteiger partial charge in [0.05, 0.1) is 12.7 Å². The Hall–Kier alpha value is -2.08. The minimum absolute atomic E-state index is 0.0712. The van der Waals surface area contributed by atoms with Crippen molar-refractivity contribution in [2.24, 2.45) is 0 Å². The number of benzene rings is 2. The molecule has 1 amide bonds. The molecule has 0 aliphatic heterocycles. The van der Waals surface area contributed by atoms with Crippen LogP contribution in [0.25, 0.3) is 0 Å². The Morgan fingerprint density at radius 2 is 2.05 bits per heavy atom. The van der Waals surface area contributed by atoms with Crippen molar-refractivity contribution in [2.75, 3.05) is 18.2 Å². The Labute approximate surface area is 123 Å². The van der Waals surface area contributed by atoms with Crippen molar-refractivity contribution in [1.82, 2.24) is 0 Å². The summed E-state index contributed by atoms with van der Waals surface area (Å²) >= 11 is 3.30. The maximum absolute atomic E-state index is 13.7. The highest BCUT2D eigenvalue weighted by atomic mass is 79.9. The molecule has 0 atom stereocenters. The number of nitrogens with one attached hydrogen (secondary N) is 1. The monoisotopic (exact) mass is 338 g/mol. The molecule has 0 saturated heterocycles. The van der Waals surface area contributed by atoms with Crippen molar-refractivity contribution in [1.29, 1.82) is 0 Å². The van der Waals surface area contributed by atoms with Gasteiger partial charge < -0.3 is 15.8 Å². The zero-order valence-corrected chi connectivity index (χ0v) is 12.2. The van der Waals surface area contributed by atoms with Gasteiger partial charge in [0.25, 0.3) is 5.91 Å². The van der Waals surface area contributed by atoms with E-state index in [4.69, 9.17) is 10.5 Å². The minimum Gasteiger partial charge on any atom is -0.497 e. The molecule has 0 aromatic heterocycles. The van der Waals surface area contributed by atoms with Crippen molar-refractivity contribution in [3.05, 3.63) is 52.3 Å². The number of anilines is 2. The molecule has 104 valence electrons. The molecular formula is C14H12BrFN2O2. The van der Waals surface area contributed by atoms with Gasteiger partial charge in [-0.25, -0.2) is 4.39 Å². The van der Waals surface area contributed by atoms with E-state index in [9.17, 15) is 9.18 Å². The highest BCUT2D eigenvalue weighted by Crippen LogP contribution is 2.25. The summed E-state index contributed by atoms with van der Waals surface area (Å²) in [5.74, 6) is -0.639. The molecule has 0 aliphatic carbocycles. The number of nitrogen functional groups attached to an aromatic ring is 1. The van der Waals surface area contributed by atoms with Gasteiger partial charge in [-0.05, 0) is 30.3 Å². The number of nitrogens with two attached hydrogens (primary N) is 1. The van der Waals surface area contributed by atoms with Crippen LogP contribution in [0.15, 0.2) is 40.9 Å². The van der Waals surface area contributed by atoms with E-state index in [0.717, 1.165) is 10.5 Å². The molecule has 0 radical (unpaired) electrons. The van der Waals surface area contributed by atoms with Crippen molar-refractivity contribution in [3.8, 4) is 5.75 Å². The average Bonchev–Trinajstić information content (AvgIpc) is 2.37. The SMILES string of the molecule is COc1cc(Br)cc(NC(=O)c2ccc(N)cc2F)c1. The van der Waals surface area contributed by atoms with Gasteiger partial charge in [0.15, 0.2) is 0 Å². The van der Waals surface area contributed by atoms with Gasteiger partial charge in [0.1, 0.15) is 11.6 Å². The van der Waals surface area contributed by atoms with Gasteiger partial charge >= 0.3 is 0 Å². The van der Waals surface area contributed by atoms with E-state index < -0.39 is 11.7 Å². The number of carbonyl (C=O) groups is 1. The highest BCUT2D eigenvalue weighted by molar-refractivity contribution is 9.10. The van der Waals surface area contributed by atoms with E-state index in [1.165, 1.54) is 19.2 Å². The van der Waals surface area contributed by atoms with Gasteiger partial charge in [-0.15, -0.1) is 0 Å². The normalized spacial score (nSPS) is 10.2. The van der Waals surface area contributed by atoms with Crippen LogP contribution in [0.3, 0.4) is 0 Å². The molecule has 2 aromatic rings. The average molecular weight is 339 g/mol. The molecule has 2 aromatic carbocycles. The maximum Gasteiger partial charge on any atom is 0.258 e. The molecule has 0 fully saturated rings. The maximum atomic E-state index is 13.7. The summed E-state index contributed by atoms with van der Waals surface area (Å²) in [6.07, 6.45) is 0. The van der Waals surface area contributed by atoms with Crippen LogP contribution in [0.4, 0.5) is 15.8 Å². The summed E-state index contributed by atoms with van der Waals surface area (Å²) in [4.78, 5) is 12.0. The van der Waals surface area contributed by atoms with Crippen LogP contribution in [0, 0.1) is 5.82 Å². The number of rotatable bonds is 3. The lowest BCUT2D eigenvalue weighted by atomic mass is 10.1. The number of ether oxygens (including phenoxy) is 1. The summed E-state index contributed by atoms with van der Waals surface area (Å²) in [5, 5.41) is 2.60. The molecule has 4 nitrogen and oxygen atoms in total. The third-order valence-corrected chi connectivity index (χ3v) is 3.06. The smallest absolute Gasteiger partial charge is 0.258 e. The number of methoxy groups -OCH3 is 1. The third-order valence-electron chi connectivity index (χ3n) is 2.60. The van der Waals surface area contributed by atoms with E-state index in [-0.39, 0.29) is 11.3 Å². The second kappa shape index (κ2) is 5.92. The summed E-state index contributed by atoms with van der Waals surface area (Å²) in [5.41, 5.74) is 6.14. The Bertz CT molecular complexity index is 662. The molecule has 0 saturated carbocycles. The molecule has 3 N–H and O–H groups in total. The van der Waals surface area contributed by atoms with E-state index in [1.807, 2.05) is 0 Å². The van der Waals surface area contributed by atoms with Crippen LogP contribution in [-0.4, -0.2) is 13.0 Å². The van der Waals surface area contributed by atoms with Gasteiger partial charge in [-0.1, -0.05) is 15.9 Å². The van der Waals surface area contributed by atoms with Crippen LogP contribution in [0.2, 0.25) is 0 Å². The van der Waals surface area contributed by atoms with E-state index in [0.29, 0.717) is 11.4 Å². The highest BCUT2D eigenvalue weighted by Gasteiger charge is 2.12. The zero-order chi connectivity index (χ0) is 14.7. The Morgan fingerprint density at radius 1 is 1.30 bits per heavy atom. The predicted molar refractivity (Wildman–Crippen MR) is 79.5 cm³/mol. The Kier molecular flexibility index (Phi) is 4.24. The second-order valence-electron chi connectivity index (χ2n) is 4.07. The van der Waals surface area contributed by atoms with Crippen LogP contribution < -0.4 is 15.8 Å². The number of carbonyl (C=O) groups excluding carboxylic acids is 1. The number of hydrogen-bond acceptors (Lipinski definition) is 3. The van der Waals surface area contributed by atoms with Crippen LogP contribution in [-0.2, 0) is 0 Å². The first-order valence-electron chi connectivity index (χ1n) is 5.70. The first kappa shape index (κ1) is 14.3. The fraction of sp³-hybridized carbons (Fsp3) is 0.0714. The predicted octanol–water partition coefficient (Wildman–Crippen LogP) is 3.43. The lowest BCUT2D eigenvalue weighted by Crippen LogP contribution is -2.14. The molecular weight excluding hydrogens is 327 g/mol. The van der Waals surface area contributed by atoms with Gasteiger partial charge in [-0.3, -0.25) is 4.79 Å². The first-order chi connectivity index (χ1) is 9.49. The number of hydrogen-bond donors (Lipinski definition) is 2. The molecule has 0 aliphatic rings. The van der Waals surface area contributed by atoms with Crippen LogP contribution >= 0.6 is 15.9 Å². The molecule has 2 rings (SSSR count). The van der Waals surface area contributed by atoms with Crippen LogP contribution in [0.5, 0.6) is 5.75 Å². The molecule has 0 spiro atoms. The van der Waals surface area contributed by atoms with E-state index in [1.54, 1.807) is 18.2 Å². The molecule has 20 heavy (non-hydrogen) atoms. The van der Waals surface area contributed by atoms with Crippen molar-refractivity contribution >= 4 is 33.2 Å². The first-order valence-corrected chi connectivity index (χ1v) is 6.50. The van der Waals surface area contributed by atoms with Crippen molar-refractivity contribution < 1.29 is 13.9 Å². The molecule has 0 unspecified atom stereocenters. The van der Waals surface area contributed by atoms with Crippen molar-refractivity contribution in [2.45, 2.75) is 0 Å². The molecule has 0 bridgehead atoms. The Morgan fingerprint density at radius 3 is 2.70 bits per heavy atom. The van der Waals surface area contributed by atoms with Gasteiger partial charge in [0.2, 0.25) is 0 Å². The minimum atomic E-state index is -0.663. The summed E-state index contributed by atoms with van der Waals surface area (Å²) < 4.78 is 19.5.